The highest BCUT2D eigenvalue weighted by atomic mass is 19.4. The molecule has 0 saturated carbocycles. The molecule has 1 aromatic heterocycles. The highest BCUT2D eigenvalue weighted by molar-refractivity contribution is 5.84. The molecule has 0 aromatic carbocycles. The Morgan fingerprint density at radius 3 is 2.48 bits per heavy atom. The van der Waals surface area contributed by atoms with Crippen LogP contribution in [0.3, 0.4) is 0 Å². The van der Waals surface area contributed by atoms with Gasteiger partial charge in [0.05, 0.1) is 11.6 Å². The minimum absolute atomic E-state index is 0.0330. The van der Waals surface area contributed by atoms with Gasteiger partial charge in [-0.25, -0.2) is 0 Å². The summed E-state index contributed by atoms with van der Waals surface area (Å²) >= 11 is 0. The third kappa shape index (κ3) is 5.23. The van der Waals surface area contributed by atoms with Crippen LogP contribution in [0.4, 0.5) is 13.2 Å². The molecule has 2 atom stereocenters. The minimum atomic E-state index is -4.36. The number of aryl methyl sites for hydroxylation is 1. The van der Waals surface area contributed by atoms with Gasteiger partial charge >= 0.3 is 6.18 Å². The zero-order valence-corrected chi connectivity index (χ0v) is 13.9. The van der Waals surface area contributed by atoms with Crippen molar-refractivity contribution < 1.29 is 23.1 Å². The highest BCUT2D eigenvalue weighted by Gasteiger charge is 2.31. The Labute approximate surface area is 133 Å². The van der Waals surface area contributed by atoms with Gasteiger partial charge in [-0.05, 0) is 33.6 Å². The van der Waals surface area contributed by atoms with Gasteiger partial charge in [-0.2, -0.15) is 18.3 Å². The third-order valence-electron chi connectivity index (χ3n) is 3.91. The average molecular weight is 335 g/mol. The maximum Gasteiger partial charge on any atom is 0.408 e. The molecule has 2 N–H and O–H groups in total. The van der Waals surface area contributed by atoms with Crippen LogP contribution in [0.5, 0.6) is 0 Å². The molecule has 1 rings (SSSR count). The monoisotopic (exact) mass is 335 g/mol. The number of nitrogens with zero attached hydrogens (tertiary/aromatic N) is 2. The Morgan fingerprint density at radius 1 is 1.39 bits per heavy atom. The van der Waals surface area contributed by atoms with Gasteiger partial charge in [-0.15, -0.1) is 0 Å². The molecule has 2 unspecified atom stereocenters. The second-order valence-corrected chi connectivity index (χ2v) is 5.71. The normalized spacial score (nSPS) is 14.6. The molecular weight excluding hydrogens is 311 g/mol. The first-order valence-corrected chi connectivity index (χ1v) is 7.62. The number of hydrogen-bond donors (Lipinski definition) is 2. The van der Waals surface area contributed by atoms with Gasteiger partial charge in [0, 0.05) is 23.9 Å². The standard InChI is InChI=1S/C15H24F3N3O2/c1-5-12(6-7-22)19-14(23)9(2)13-10(3)20-21(11(13)4)8-15(16,17)18/h9,12,22H,5-8H2,1-4H3,(H,19,23). The van der Waals surface area contributed by atoms with E-state index >= 15 is 0 Å². The Morgan fingerprint density at radius 2 is 2.00 bits per heavy atom. The van der Waals surface area contributed by atoms with Gasteiger partial charge < -0.3 is 10.4 Å². The first-order valence-electron chi connectivity index (χ1n) is 7.62. The Bertz CT molecular complexity index is 541. The van der Waals surface area contributed by atoms with Crippen LogP contribution in [0.15, 0.2) is 0 Å². The van der Waals surface area contributed by atoms with Crippen molar-refractivity contribution in [1.29, 1.82) is 0 Å². The molecule has 0 fully saturated rings. The molecule has 0 spiro atoms. The Kier molecular flexibility index (Phi) is 6.61. The van der Waals surface area contributed by atoms with Gasteiger partial charge in [0.1, 0.15) is 6.54 Å². The lowest BCUT2D eigenvalue weighted by atomic mass is 9.97. The van der Waals surface area contributed by atoms with Crippen LogP contribution < -0.4 is 5.32 Å². The molecule has 5 nitrogen and oxygen atoms in total. The van der Waals surface area contributed by atoms with E-state index in [0.717, 1.165) is 4.68 Å². The predicted octanol–water partition coefficient (Wildman–Crippen LogP) is 2.44. The van der Waals surface area contributed by atoms with Crippen molar-refractivity contribution in [3.63, 3.8) is 0 Å². The molecule has 0 radical (unpaired) electrons. The van der Waals surface area contributed by atoms with Gasteiger partial charge in [0.25, 0.3) is 0 Å². The van der Waals surface area contributed by atoms with Crippen LogP contribution in [0.1, 0.15) is 49.6 Å². The Balaban J connectivity index is 2.95. The summed E-state index contributed by atoms with van der Waals surface area (Å²) in [6.07, 6.45) is -3.25. The Hall–Kier alpha value is -1.57. The molecular formula is C15H24F3N3O2. The van der Waals surface area contributed by atoms with E-state index in [1.54, 1.807) is 13.8 Å². The summed E-state index contributed by atoms with van der Waals surface area (Å²) in [5, 5.41) is 15.7. The van der Waals surface area contributed by atoms with Crippen molar-refractivity contribution in [1.82, 2.24) is 15.1 Å². The number of carbonyl (C=O) groups excluding carboxylic acids is 1. The number of aliphatic hydroxyl groups excluding tert-OH is 1. The van der Waals surface area contributed by atoms with Gasteiger partial charge in [-0.1, -0.05) is 6.92 Å². The number of aromatic nitrogens is 2. The lowest BCUT2D eigenvalue weighted by Gasteiger charge is -2.19. The van der Waals surface area contributed by atoms with Crippen molar-refractivity contribution in [3.8, 4) is 0 Å². The summed E-state index contributed by atoms with van der Waals surface area (Å²) < 4.78 is 38.6. The number of hydrogen-bond acceptors (Lipinski definition) is 3. The van der Waals surface area contributed by atoms with Crippen molar-refractivity contribution >= 4 is 5.91 Å². The number of nitrogens with one attached hydrogen (secondary N) is 1. The van der Waals surface area contributed by atoms with Crippen molar-refractivity contribution in [2.24, 2.45) is 0 Å². The van der Waals surface area contributed by atoms with Crippen LogP contribution in [0.2, 0.25) is 0 Å². The first kappa shape index (κ1) is 19.5. The lowest BCUT2D eigenvalue weighted by molar-refractivity contribution is -0.143. The van der Waals surface area contributed by atoms with E-state index in [2.05, 4.69) is 10.4 Å². The molecule has 0 aliphatic heterocycles. The molecule has 1 aromatic rings. The maximum absolute atomic E-state index is 12.6. The zero-order chi connectivity index (χ0) is 17.8. The fourth-order valence-electron chi connectivity index (χ4n) is 2.65. The molecule has 1 amide bonds. The van der Waals surface area contributed by atoms with E-state index in [4.69, 9.17) is 5.11 Å². The van der Waals surface area contributed by atoms with Crippen LogP contribution in [0.25, 0.3) is 0 Å². The summed E-state index contributed by atoms with van der Waals surface area (Å²) in [6.45, 7) is 5.48. The van der Waals surface area contributed by atoms with Crippen LogP contribution in [-0.2, 0) is 11.3 Å². The number of aliphatic hydroxyl groups is 1. The molecule has 0 bridgehead atoms. The first-order chi connectivity index (χ1) is 10.6. The van der Waals surface area contributed by atoms with Crippen molar-refractivity contribution in [2.45, 2.75) is 65.2 Å². The predicted molar refractivity (Wildman–Crippen MR) is 80.1 cm³/mol. The van der Waals surface area contributed by atoms with Crippen molar-refractivity contribution in [2.75, 3.05) is 6.61 Å². The van der Waals surface area contributed by atoms with E-state index in [-0.39, 0.29) is 18.6 Å². The molecule has 0 saturated heterocycles. The SMILES string of the molecule is CCC(CCO)NC(=O)C(C)c1c(C)nn(CC(F)(F)F)c1C. The lowest BCUT2D eigenvalue weighted by Crippen LogP contribution is -2.37. The van der Waals surface area contributed by atoms with E-state index in [9.17, 15) is 18.0 Å². The molecule has 0 aliphatic rings. The largest absolute Gasteiger partial charge is 0.408 e. The number of amides is 1. The highest BCUT2D eigenvalue weighted by Crippen LogP contribution is 2.26. The summed E-state index contributed by atoms with van der Waals surface area (Å²) in [4.78, 5) is 12.3. The van der Waals surface area contributed by atoms with Crippen LogP contribution >= 0.6 is 0 Å². The summed E-state index contributed by atoms with van der Waals surface area (Å²) in [7, 11) is 0. The second-order valence-electron chi connectivity index (χ2n) is 5.71. The van der Waals surface area contributed by atoms with Crippen LogP contribution in [-0.4, -0.2) is 39.6 Å². The zero-order valence-electron chi connectivity index (χ0n) is 13.9. The van der Waals surface area contributed by atoms with Crippen molar-refractivity contribution in [3.05, 3.63) is 17.0 Å². The third-order valence-corrected chi connectivity index (χ3v) is 3.91. The topological polar surface area (TPSA) is 67.2 Å². The quantitative estimate of drug-likeness (QED) is 0.804. The molecule has 1 heterocycles. The second kappa shape index (κ2) is 7.81. The van der Waals surface area contributed by atoms with Gasteiger partial charge in [0.2, 0.25) is 5.91 Å². The average Bonchev–Trinajstić information content (AvgIpc) is 2.70. The summed E-state index contributed by atoms with van der Waals surface area (Å²) in [6, 6.07) is -0.152. The molecule has 132 valence electrons. The molecule has 0 aliphatic carbocycles. The minimum Gasteiger partial charge on any atom is -0.396 e. The van der Waals surface area contributed by atoms with Gasteiger partial charge in [0.15, 0.2) is 0 Å². The summed E-state index contributed by atoms with van der Waals surface area (Å²) in [5.41, 5.74) is 1.29. The number of halogens is 3. The fourth-order valence-corrected chi connectivity index (χ4v) is 2.65. The van der Waals surface area contributed by atoms with E-state index < -0.39 is 18.6 Å². The molecule has 23 heavy (non-hydrogen) atoms. The van der Waals surface area contributed by atoms with E-state index in [0.29, 0.717) is 29.8 Å². The number of alkyl halides is 3. The smallest absolute Gasteiger partial charge is 0.396 e. The molecule has 8 heteroatoms. The maximum atomic E-state index is 12.6. The number of rotatable bonds is 7. The van der Waals surface area contributed by atoms with Gasteiger partial charge in [-0.3, -0.25) is 9.48 Å². The summed E-state index contributed by atoms with van der Waals surface area (Å²) in [5.74, 6) is -0.882. The van der Waals surface area contributed by atoms with E-state index in [1.807, 2.05) is 6.92 Å². The number of carbonyl (C=O) groups is 1. The van der Waals surface area contributed by atoms with Crippen LogP contribution in [0, 0.1) is 13.8 Å². The van der Waals surface area contributed by atoms with E-state index in [1.165, 1.54) is 6.92 Å². The fraction of sp³-hybridized carbons (Fsp3) is 0.733.